The fourth-order valence-electron chi connectivity index (χ4n) is 1.49. The number of ether oxygens (including phenoxy) is 2. The van der Waals surface area contributed by atoms with Crippen LogP contribution in [0.1, 0.15) is 17.3 Å². The van der Waals surface area contributed by atoms with E-state index in [1.807, 2.05) is 18.2 Å². The maximum absolute atomic E-state index is 5.56. The average Bonchev–Trinajstić information content (AvgIpc) is 2.82. The second-order valence-electron chi connectivity index (χ2n) is 3.69. The molecule has 0 saturated carbocycles. The first-order chi connectivity index (χ1) is 8.72. The van der Waals surface area contributed by atoms with E-state index in [9.17, 15) is 0 Å². The lowest BCUT2D eigenvalue weighted by Crippen LogP contribution is -2.00. The van der Waals surface area contributed by atoms with Crippen LogP contribution in [0.3, 0.4) is 0 Å². The van der Waals surface area contributed by atoms with E-state index < -0.39 is 0 Å². The van der Waals surface area contributed by atoms with Crippen LogP contribution in [0.25, 0.3) is 0 Å². The van der Waals surface area contributed by atoms with Gasteiger partial charge in [0.05, 0.1) is 7.11 Å². The van der Waals surface area contributed by atoms with Gasteiger partial charge in [-0.3, -0.25) is 0 Å². The van der Waals surface area contributed by atoms with Gasteiger partial charge in [0.1, 0.15) is 0 Å². The molecule has 0 amide bonds. The molecule has 2 N–H and O–H groups in total. The van der Waals surface area contributed by atoms with Gasteiger partial charge in [0.2, 0.25) is 5.89 Å². The van der Waals surface area contributed by atoms with E-state index >= 15 is 0 Å². The van der Waals surface area contributed by atoms with Crippen LogP contribution in [0.2, 0.25) is 0 Å². The Hall–Kier alpha value is -2.08. The number of rotatable bonds is 5. The Morgan fingerprint density at radius 3 is 2.72 bits per heavy atom. The van der Waals surface area contributed by atoms with Gasteiger partial charge in [-0.05, 0) is 17.7 Å². The van der Waals surface area contributed by atoms with E-state index in [-0.39, 0.29) is 6.61 Å². The van der Waals surface area contributed by atoms with Crippen molar-refractivity contribution < 1.29 is 13.9 Å². The zero-order chi connectivity index (χ0) is 13.0. The summed E-state index contributed by atoms with van der Waals surface area (Å²) in [6.07, 6.45) is 0. The Morgan fingerprint density at radius 2 is 2.11 bits per heavy atom. The van der Waals surface area contributed by atoms with Crippen molar-refractivity contribution >= 4 is 0 Å². The molecule has 0 spiro atoms. The number of aryl methyl sites for hydroxylation is 1. The first-order valence-electron chi connectivity index (χ1n) is 5.51. The molecule has 6 nitrogen and oxygen atoms in total. The normalized spacial score (nSPS) is 10.4. The third kappa shape index (κ3) is 2.78. The Kier molecular flexibility index (Phi) is 3.78. The van der Waals surface area contributed by atoms with Gasteiger partial charge in [0.25, 0.3) is 5.89 Å². The molecule has 2 rings (SSSR count). The fourth-order valence-corrected chi connectivity index (χ4v) is 1.49. The monoisotopic (exact) mass is 249 g/mol. The summed E-state index contributed by atoms with van der Waals surface area (Å²) in [6, 6.07) is 5.54. The van der Waals surface area contributed by atoms with Crippen molar-refractivity contribution in [2.45, 2.75) is 20.1 Å². The maximum atomic E-state index is 5.56. The Labute approximate surface area is 105 Å². The van der Waals surface area contributed by atoms with Crippen molar-refractivity contribution in [3.05, 3.63) is 35.5 Å². The molecule has 1 aromatic heterocycles. The molecule has 0 saturated heterocycles. The first-order valence-corrected chi connectivity index (χ1v) is 5.51. The second kappa shape index (κ2) is 5.50. The molecule has 2 aromatic rings. The molecular formula is C12H15N3O3. The van der Waals surface area contributed by atoms with E-state index in [1.54, 1.807) is 14.0 Å². The molecule has 0 unspecified atom stereocenters. The van der Waals surface area contributed by atoms with E-state index in [1.165, 1.54) is 0 Å². The molecule has 1 heterocycles. The van der Waals surface area contributed by atoms with E-state index in [4.69, 9.17) is 19.6 Å². The molecule has 0 aliphatic heterocycles. The molecule has 0 atom stereocenters. The molecule has 0 aliphatic carbocycles. The first kappa shape index (κ1) is 12.4. The van der Waals surface area contributed by atoms with Crippen molar-refractivity contribution in [3.8, 4) is 11.5 Å². The van der Waals surface area contributed by atoms with Gasteiger partial charge < -0.3 is 19.6 Å². The molecule has 6 heteroatoms. The number of benzene rings is 1. The van der Waals surface area contributed by atoms with E-state index in [0.717, 1.165) is 5.56 Å². The molecule has 0 aliphatic rings. The van der Waals surface area contributed by atoms with Crippen LogP contribution in [0, 0.1) is 6.92 Å². The number of methoxy groups -OCH3 is 1. The lowest BCUT2D eigenvalue weighted by atomic mass is 10.2. The van der Waals surface area contributed by atoms with Crippen molar-refractivity contribution in [1.82, 2.24) is 10.2 Å². The van der Waals surface area contributed by atoms with E-state index in [2.05, 4.69) is 10.2 Å². The van der Waals surface area contributed by atoms with Crippen LogP contribution in [-0.2, 0) is 13.2 Å². The summed E-state index contributed by atoms with van der Waals surface area (Å²) in [5.74, 6) is 2.19. The van der Waals surface area contributed by atoms with Gasteiger partial charge in [-0.15, -0.1) is 10.2 Å². The predicted octanol–water partition coefficient (Wildman–Crippen LogP) is 1.42. The van der Waals surface area contributed by atoms with Crippen LogP contribution in [-0.4, -0.2) is 17.3 Å². The minimum absolute atomic E-state index is 0.208. The largest absolute Gasteiger partial charge is 0.493 e. The summed E-state index contributed by atoms with van der Waals surface area (Å²) in [4.78, 5) is 0. The summed E-state index contributed by atoms with van der Waals surface area (Å²) in [6.45, 7) is 2.39. The second-order valence-corrected chi connectivity index (χ2v) is 3.69. The molecule has 18 heavy (non-hydrogen) atoms. The Balaban J connectivity index is 2.08. The third-order valence-corrected chi connectivity index (χ3v) is 2.38. The summed E-state index contributed by atoms with van der Waals surface area (Å²) >= 11 is 0. The third-order valence-electron chi connectivity index (χ3n) is 2.38. The number of nitrogens with zero attached hydrogens (tertiary/aromatic N) is 2. The minimum atomic E-state index is 0.208. The van der Waals surface area contributed by atoms with Crippen molar-refractivity contribution in [2.24, 2.45) is 5.73 Å². The minimum Gasteiger partial charge on any atom is -0.493 e. The van der Waals surface area contributed by atoms with Crippen LogP contribution < -0.4 is 15.2 Å². The summed E-state index contributed by atoms with van der Waals surface area (Å²) in [5, 5.41) is 7.57. The summed E-state index contributed by atoms with van der Waals surface area (Å²) in [7, 11) is 1.58. The highest BCUT2D eigenvalue weighted by Gasteiger charge is 2.08. The highest BCUT2D eigenvalue weighted by molar-refractivity contribution is 5.42. The molecule has 1 aromatic carbocycles. The summed E-state index contributed by atoms with van der Waals surface area (Å²) in [5.41, 5.74) is 6.54. The Bertz CT molecular complexity index is 525. The highest BCUT2D eigenvalue weighted by Crippen LogP contribution is 2.28. The number of aromatic nitrogens is 2. The van der Waals surface area contributed by atoms with E-state index in [0.29, 0.717) is 29.8 Å². The Morgan fingerprint density at radius 1 is 1.28 bits per heavy atom. The molecule has 96 valence electrons. The molecule has 0 fully saturated rings. The number of hydrogen-bond acceptors (Lipinski definition) is 6. The van der Waals surface area contributed by atoms with Crippen molar-refractivity contribution in [1.29, 1.82) is 0 Å². The van der Waals surface area contributed by atoms with Crippen LogP contribution in [0.15, 0.2) is 22.6 Å². The van der Waals surface area contributed by atoms with Crippen LogP contribution in [0.4, 0.5) is 0 Å². The van der Waals surface area contributed by atoms with Gasteiger partial charge >= 0.3 is 0 Å². The zero-order valence-electron chi connectivity index (χ0n) is 10.3. The topological polar surface area (TPSA) is 83.4 Å². The van der Waals surface area contributed by atoms with Gasteiger partial charge in [-0.25, -0.2) is 0 Å². The molecule has 0 radical (unpaired) electrons. The molecule has 0 bridgehead atoms. The number of nitrogens with two attached hydrogens (primary N) is 1. The lowest BCUT2D eigenvalue weighted by molar-refractivity contribution is 0.248. The predicted molar refractivity (Wildman–Crippen MR) is 64.3 cm³/mol. The molecular weight excluding hydrogens is 234 g/mol. The smallest absolute Gasteiger partial charge is 0.253 e. The lowest BCUT2D eigenvalue weighted by Gasteiger charge is -2.10. The maximum Gasteiger partial charge on any atom is 0.253 e. The van der Waals surface area contributed by atoms with Crippen molar-refractivity contribution in [2.75, 3.05) is 7.11 Å². The van der Waals surface area contributed by atoms with Gasteiger partial charge in [0, 0.05) is 13.5 Å². The SMILES string of the molecule is COc1cc(CN)ccc1OCc1nnc(C)o1. The van der Waals surface area contributed by atoms with Crippen LogP contribution in [0.5, 0.6) is 11.5 Å². The number of hydrogen-bond donors (Lipinski definition) is 1. The summed E-state index contributed by atoms with van der Waals surface area (Å²) < 4.78 is 16.0. The average molecular weight is 249 g/mol. The van der Waals surface area contributed by atoms with Crippen molar-refractivity contribution in [3.63, 3.8) is 0 Å². The van der Waals surface area contributed by atoms with Gasteiger partial charge in [-0.1, -0.05) is 6.07 Å². The van der Waals surface area contributed by atoms with Gasteiger partial charge in [0.15, 0.2) is 18.1 Å². The van der Waals surface area contributed by atoms with Crippen LogP contribution >= 0.6 is 0 Å². The zero-order valence-corrected chi connectivity index (χ0v) is 10.3. The standard InChI is InChI=1S/C12H15N3O3/c1-8-14-15-12(18-8)7-17-10-4-3-9(6-13)5-11(10)16-2/h3-5H,6-7,13H2,1-2H3. The fraction of sp³-hybridized carbons (Fsp3) is 0.333. The van der Waals surface area contributed by atoms with Gasteiger partial charge in [-0.2, -0.15) is 0 Å². The quantitative estimate of drug-likeness (QED) is 0.862. The highest BCUT2D eigenvalue weighted by atomic mass is 16.5.